The minimum absolute atomic E-state index is 0.0444. The van der Waals surface area contributed by atoms with E-state index in [-0.39, 0.29) is 11.5 Å². The van der Waals surface area contributed by atoms with Crippen molar-refractivity contribution < 1.29 is 19.0 Å². The van der Waals surface area contributed by atoms with Crippen LogP contribution in [0.1, 0.15) is 11.7 Å². The molecule has 0 radical (unpaired) electrons. The summed E-state index contributed by atoms with van der Waals surface area (Å²) >= 11 is 0. The fourth-order valence-corrected chi connectivity index (χ4v) is 1.44. The van der Waals surface area contributed by atoms with Gasteiger partial charge in [0, 0.05) is 6.54 Å². The van der Waals surface area contributed by atoms with Gasteiger partial charge in [0.1, 0.15) is 0 Å². The predicted octanol–water partition coefficient (Wildman–Crippen LogP) is 1.10. The lowest BCUT2D eigenvalue weighted by atomic mass is 10.1. The van der Waals surface area contributed by atoms with Crippen LogP contribution in [-0.4, -0.2) is 32.9 Å². The van der Waals surface area contributed by atoms with Crippen LogP contribution in [0, 0.1) is 5.82 Å². The number of aliphatic hydroxyl groups is 1. The van der Waals surface area contributed by atoms with Crippen molar-refractivity contribution in [2.75, 3.05) is 27.8 Å². The average molecular weight is 229 g/mol. The molecule has 0 aliphatic rings. The van der Waals surface area contributed by atoms with E-state index in [2.05, 4.69) is 5.32 Å². The van der Waals surface area contributed by atoms with Crippen LogP contribution >= 0.6 is 0 Å². The van der Waals surface area contributed by atoms with E-state index in [0.29, 0.717) is 12.1 Å². The van der Waals surface area contributed by atoms with Crippen LogP contribution in [0.3, 0.4) is 0 Å². The summed E-state index contributed by atoms with van der Waals surface area (Å²) in [6.45, 7) is 0.342. The zero-order valence-corrected chi connectivity index (χ0v) is 9.58. The highest BCUT2D eigenvalue weighted by Crippen LogP contribution is 2.33. The van der Waals surface area contributed by atoms with Crippen molar-refractivity contribution in [2.24, 2.45) is 0 Å². The Kier molecular flexibility index (Phi) is 4.52. The summed E-state index contributed by atoms with van der Waals surface area (Å²) in [7, 11) is 4.50. The minimum Gasteiger partial charge on any atom is -0.493 e. The molecule has 1 aromatic carbocycles. The quantitative estimate of drug-likeness (QED) is 0.793. The van der Waals surface area contributed by atoms with E-state index in [1.54, 1.807) is 13.1 Å². The first-order valence-electron chi connectivity index (χ1n) is 4.88. The summed E-state index contributed by atoms with van der Waals surface area (Å²) in [5.41, 5.74) is 0.449. The van der Waals surface area contributed by atoms with Gasteiger partial charge in [-0.25, -0.2) is 4.39 Å². The van der Waals surface area contributed by atoms with E-state index in [1.807, 2.05) is 0 Å². The Balaban J connectivity index is 3.09. The van der Waals surface area contributed by atoms with Crippen LogP contribution in [0.2, 0.25) is 0 Å². The number of methoxy groups -OCH3 is 2. The fraction of sp³-hybridized carbons (Fsp3) is 0.455. The Hall–Kier alpha value is -1.33. The van der Waals surface area contributed by atoms with Crippen LogP contribution in [0.5, 0.6) is 11.5 Å². The van der Waals surface area contributed by atoms with Crippen molar-refractivity contribution in [3.8, 4) is 11.5 Å². The number of benzene rings is 1. The van der Waals surface area contributed by atoms with E-state index in [0.717, 1.165) is 0 Å². The second kappa shape index (κ2) is 5.67. The maximum absolute atomic E-state index is 13.6. The molecule has 0 fully saturated rings. The van der Waals surface area contributed by atoms with Gasteiger partial charge in [0.25, 0.3) is 0 Å². The van der Waals surface area contributed by atoms with Crippen LogP contribution in [0.25, 0.3) is 0 Å². The molecule has 5 heteroatoms. The van der Waals surface area contributed by atoms with Gasteiger partial charge in [-0.15, -0.1) is 0 Å². The molecule has 16 heavy (non-hydrogen) atoms. The monoisotopic (exact) mass is 229 g/mol. The molecule has 0 saturated heterocycles. The van der Waals surface area contributed by atoms with E-state index in [9.17, 15) is 9.50 Å². The first-order chi connectivity index (χ1) is 7.63. The number of nitrogens with one attached hydrogen (secondary N) is 1. The molecule has 0 aromatic heterocycles. The minimum atomic E-state index is -0.778. The van der Waals surface area contributed by atoms with E-state index < -0.39 is 11.9 Å². The van der Waals surface area contributed by atoms with Gasteiger partial charge in [-0.1, -0.05) is 0 Å². The molecule has 0 spiro atoms. The summed E-state index contributed by atoms with van der Waals surface area (Å²) in [4.78, 5) is 0. The molecule has 1 atom stereocenters. The highest BCUT2D eigenvalue weighted by molar-refractivity contribution is 5.44. The van der Waals surface area contributed by atoms with Gasteiger partial charge in [0.2, 0.25) is 0 Å². The molecule has 0 bridgehead atoms. The third-order valence-corrected chi connectivity index (χ3v) is 2.24. The Labute approximate surface area is 94.0 Å². The second-order valence-electron chi connectivity index (χ2n) is 3.31. The Morgan fingerprint density at radius 2 is 2.06 bits per heavy atom. The Bertz CT molecular complexity index is 357. The highest BCUT2D eigenvalue weighted by Gasteiger charge is 2.16. The van der Waals surface area contributed by atoms with Crippen molar-refractivity contribution in [1.82, 2.24) is 5.32 Å². The summed E-state index contributed by atoms with van der Waals surface area (Å²) in [6, 6.07) is 2.80. The molecule has 90 valence electrons. The molecular weight excluding hydrogens is 213 g/mol. The molecule has 0 aliphatic carbocycles. The van der Waals surface area contributed by atoms with Crippen molar-refractivity contribution in [2.45, 2.75) is 6.10 Å². The maximum atomic E-state index is 13.6. The Morgan fingerprint density at radius 3 is 2.56 bits per heavy atom. The fourth-order valence-electron chi connectivity index (χ4n) is 1.44. The van der Waals surface area contributed by atoms with Crippen LogP contribution in [0.4, 0.5) is 4.39 Å². The third kappa shape index (κ3) is 2.62. The van der Waals surface area contributed by atoms with E-state index >= 15 is 0 Å². The molecule has 0 heterocycles. The molecule has 1 rings (SSSR count). The predicted molar refractivity (Wildman–Crippen MR) is 58.4 cm³/mol. The molecular formula is C11H16FNO3. The number of hydrogen-bond acceptors (Lipinski definition) is 4. The first kappa shape index (κ1) is 12.7. The van der Waals surface area contributed by atoms with Crippen LogP contribution in [-0.2, 0) is 0 Å². The normalized spacial score (nSPS) is 12.3. The molecule has 4 nitrogen and oxygen atoms in total. The number of ether oxygens (including phenoxy) is 2. The van der Waals surface area contributed by atoms with Gasteiger partial charge in [0.05, 0.1) is 20.3 Å². The van der Waals surface area contributed by atoms with E-state index in [4.69, 9.17) is 9.47 Å². The zero-order valence-electron chi connectivity index (χ0n) is 9.58. The Morgan fingerprint density at radius 1 is 1.38 bits per heavy atom. The lowest BCUT2D eigenvalue weighted by Crippen LogP contribution is -2.17. The number of likely N-dealkylation sites (N-methyl/N-ethyl adjacent to an activating group) is 1. The zero-order chi connectivity index (χ0) is 12.1. The molecule has 0 saturated carbocycles. The number of halogens is 1. The van der Waals surface area contributed by atoms with Gasteiger partial charge < -0.3 is 19.9 Å². The van der Waals surface area contributed by atoms with Crippen LogP contribution < -0.4 is 14.8 Å². The van der Waals surface area contributed by atoms with Crippen molar-refractivity contribution in [3.05, 3.63) is 23.5 Å². The summed E-state index contributed by atoms with van der Waals surface area (Å²) < 4.78 is 23.4. The SMILES string of the molecule is CNCC(O)c1cc(F)c(OC)c(OC)c1. The first-order valence-corrected chi connectivity index (χ1v) is 4.88. The largest absolute Gasteiger partial charge is 0.493 e. The highest BCUT2D eigenvalue weighted by atomic mass is 19.1. The van der Waals surface area contributed by atoms with Gasteiger partial charge in [-0.05, 0) is 24.7 Å². The summed E-state index contributed by atoms with van der Waals surface area (Å²) in [6.07, 6.45) is -0.778. The summed E-state index contributed by atoms with van der Waals surface area (Å²) in [5, 5.41) is 12.5. The number of hydrogen-bond donors (Lipinski definition) is 2. The third-order valence-electron chi connectivity index (χ3n) is 2.24. The van der Waals surface area contributed by atoms with Crippen molar-refractivity contribution in [3.63, 3.8) is 0 Å². The standard InChI is InChI=1S/C11H16FNO3/c1-13-6-9(14)7-4-8(12)11(16-3)10(5-7)15-2/h4-5,9,13-14H,6H2,1-3H3. The second-order valence-corrected chi connectivity index (χ2v) is 3.31. The number of aliphatic hydroxyl groups excluding tert-OH is 1. The lowest BCUT2D eigenvalue weighted by molar-refractivity contribution is 0.176. The topological polar surface area (TPSA) is 50.7 Å². The van der Waals surface area contributed by atoms with Crippen molar-refractivity contribution in [1.29, 1.82) is 0 Å². The smallest absolute Gasteiger partial charge is 0.196 e. The van der Waals surface area contributed by atoms with Gasteiger partial charge in [-0.3, -0.25) is 0 Å². The molecule has 2 N–H and O–H groups in total. The molecule has 1 aromatic rings. The van der Waals surface area contributed by atoms with Crippen LogP contribution in [0.15, 0.2) is 12.1 Å². The lowest BCUT2D eigenvalue weighted by Gasteiger charge is -2.14. The van der Waals surface area contributed by atoms with Gasteiger partial charge >= 0.3 is 0 Å². The van der Waals surface area contributed by atoms with Gasteiger partial charge in [0.15, 0.2) is 17.3 Å². The van der Waals surface area contributed by atoms with Gasteiger partial charge in [-0.2, -0.15) is 0 Å². The molecule has 0 aliphatic heterocycles. The molecule has 1 unspecified atom stereocenters. The van der Waals surface area contributed by atoms with Crippen molar-refractivity contribution >= 4 is 0 Å². The number of rotatable bonds is 5. The van der Waals surface area contributed by atoms with E-state index in [1.165, 1.54) is 20.3 Å². The average Bonchev–Trinajstić information content (AvgIpc) is 2.28. The maximum Gasteiger partial charge on any atom is 0.196 e. The summed E-state index contributed by atoms with van der Waals surface area (Å²) in [5.74, 6) is -0.234. The molecule has 0 amide bonds.